The van der Waals surface area contributed by atoms with Crippen LogP contribution in [0.1, 0.15) is 23.5 Å². The largest absolute Gasteiger partial charge is 0.359 e. The van der Waals surface area contributed by atoms with E-state index in [4.69, 9.17) is 0 Å². The predicted octanol–water partition coefficient (Wildman–Crippen LogP) is 3.23. The fraction of sp³-hybridized carbons (Fsp3) is 0.188. The number of amides is 1. The molecular formula is C16H15F2NO. The van der Waals surface area contributed by atoms with Gasteiger partial charge in [0.2, 0.25) is 5.91 Å². The number of hydrogen-bond donors (Lipinski definition) is 1. The van der Waals surface area contributed by atoms with Gasteiger partial charge in [-0.1, -0.05) is 24.3 Å². The van der Waals surface area contributed by atoms with Crippen LogP contribution in [0, 0.1) is 11.6 Å². The van der Waals surface area contributed by atoms with Crippen molar-refractivity contribution in [1.29, 1.82) is 0 Å². The van der Waals surface area contributed by atoms with Crippen LogP contribution in [0.3, 0.4) is 0 Å². The molecule has 0 aromatic heterocycles. The molecule has 0 aliphatic heterocycles. The zero-order valence-corrected chi connectivity index (χ0v) is 11.1. The SMILES string of the molecule is CNC(=O)CC(c1cccc(F)c1)c1cccc(F)c1. The quantitative estimate of drug-likeness (QED) is 0.912. The molecule has 0 saturated heterocycles. The summed E-state index contributed by atoms with van der Waals surface area (Å²) in [5, 5.41) is 2.54. The van der Waals surface area contributed by atoms with Crippen molar-refractivity contribution in [3.05, 3.63) is 71.3 Å². The molecule has 104 valence electrons. The highest BCUT2D eigenvalue weighted by Crippen LogP contribution is 2.28. The van der Waals surface area contributed by atoms with Crippen LogP contribution in [-0.4, -0.2) is 13.0 Å². The topological polar surface area (TPSA) is 29.1 Å². The molecule has 20 heavy (non-hydrogen) atoms. The van der Waals surface area contributed by atoms with Gasteiger partial charge in [0, 0.05) is 19.4 Å². The maximum absolute atomic E-state index is 13.4. The first-order valence-corrected chi connectivity index (χ1v) is 6.31. The van der Waals surface area contributed by atoms with Gasteiger partial charge in [0.05, 0.1) is 0 Å². The lowest BCUT2D eigenvalue weighted by Gasteiger charge is -2.17. The summed E-state index contributed by atoms with van der Waals surface area (Å²) in [6.07, 6.45) is 0.142. The molecule has 0 unspecified atom stereocenters. The Morgan fingerprint density at radius 3 is 1.95 bits per heavy atom. The summed E-state index contributed by atoms with van der Waals surface area (Å²) < 4.78 is 26.7. The number of carbonyl (C=O) groups excluding carboxylic acids is 1. The molecule has 2 aromatic carbocycles. The number of carbonyl (C=O) groups is 1. The Kier molecular flexibility index (Phi) is 4.45. The average Bonchev–Trinajstić information content (AvgIpc) is 2.44. The van der Waals surface area contributed by atoms with Crippen LogP contribution >= 0.6 is 0 Å². The third-order valence-corrected chi connectivity index (χ3v) is 3.17. The van der Waals surface area contributed by atoms with Crippen LogP contribution in [0.15, 0.2) is 48.5 Å². The predicted molar refractivity (Wildman–Crippen MR) is 73.3 cm³/mol. The highest BCUT2D eigenvalue weighted by molar-refractivity contribution is 5.77. The molecule has 0 heterocycles. The Balaban J connectivity index is 2.41. The Morgan fingerprint density at radius 1 is 1.05 bits per heavy atom. The second-order valence-corrected chi connectivity index (χ2v) is 4.54. The third kappa shape index (κ3) is 3.41. The zero-order valence-electron chi connectivity index (χ0n) is 11.1. The van der Waals surface area contributed by atoms with E-state index in [1.807, 2.05) is 0 Å². The molecule has 0 fully saturated rings. The molecule has 0 spiro atoms. The summed E-state index contributed by atoms with van der Waals surface area (Å²) in [4.78, 5) is 11.6. The minimum atomic E-state index is -0.374. The van der Waals surface area contributed by atoms with Crippen molar-refractivity contribution in [2.75, 3.05) is 7.05 Å². The van der Waals surface area contributed by atoms with Crippen LogP contribution in [-0.2, 0) is 4.79 Å². The van der Waals surface area contributed by atoms with E-state index >= 15 is 0 Å². The first-order chi connectivity index (χ1) is 9.60. The summed E-state index contributed by atoms with van der Waals surface area (Å²) >= 11 is 0. The van der Waals surface area contributed by atoms with Gasteiger partial charge in [-0.05, 0) is 35.4 Å². The smallest absolute Gasteiger partial charge is 0.220 e. The third-order valence-electron chi connectivity index (χ3n) is 3.17. The lowest BCUT2D eigenvalue weighted by molar-refractivity contribution is -0.120. The molecule has 0 atom stereocenters. The van der Waals surface area contributed by atoms with Crippen molar-refractivity contribution in [2.45, 2.75) is 12.3 Å². The number of rotatable bonds is 4. The fourth-order valence-corrected chi connectivity index (χ4v) is 2.16. The van der Waals surface area contributed by atoms with E-state index in [1.54, 1.807) is 24.3 Å². The van der Waals surface area contributed by atoms with Gasteiger partial charge in [-0.2, -0.15) is 0 Å². The molecule has 4 heteroatoms. The first kappa shape index (κ1) is 14.2. The second kappa shape index (κ2) is 6.28. The van der Waals surface area contributed by atoms with Gasteiger partial charge in [-0.15, -0.1) is 0 Å². The lowest BCUT2D eigenvalue weighted by atomic mass is 9.88. The molecule has 2 rings (SSSR count). The van der Waals surface area contributed by atoms with E-state index in [1.165, 1.54) is 31.3 Å². The molecule has 2 aromatic rings. The van der Waals surface area contributed by atoms with Crippen LogP contribution in [0.2, 0.25) is 0 Å². The van der Waals surface area contributed by atoms with Crippen molar-refractivity contribution in [3.63, 3.8) is 0 Å². The van der Waals surface area contributed by atoms with Crippen LogP contribution in [0.4, 0.5) is 8.78 Å². The second-order valence-electron chi connectivity index (χ2n) is 4.54. The molecule has 0 aliphatic rings. The molecule has 1 N–H and O–H groups in total. The number of halogens is 2. The van der Waals surface area contributed by atoms with E-state index in [9.17, 15) is 13.6 Å². The van der Waals surface area contributed by atoms with Crippen LogP contribution in [0.5, 0.6) is 0 Å². The van der Waals surface area contributed by atoms with Crippen molar-refractivity contribution in [3.8, 4) is 0 Å². The summed E-state index contributed by atoms with van der Waals surface area (Å²) in [5.41, 5.74) is 1.30. The molecule has 1 amide bonds. The van der Waals surface area contributed by atoms with Crippen LogP contribution in [0.25, 0.3) is 0 Å². The van der Waals surface area contributed by atoms with E-state index in [0.717, 1.165) is 0 Å². The molecule has 0 aliphatic carbocycles. The number of benzene rings is 2. The number of nitrogens with one attached hydrogen (secondary N) is 1. The summed E-state index contributed by atoms with van der Waals surface area (Å²) in [5.74, 6) is -1.30. The maximum atomic E-state index is 13.4. The Hall–Kier alpha value is -2.23. The van der Waals surface area contributed by atoms with Gasteiger partial charge < -0.3 is 5.32 Å². The summed E-state index contributed by atoms with van der Waals surface area (Å²) in [7, 11) is 1.54. The minimum absolute atomic E-state index is 0.142. The van der Waals surface area contributed by atoms with E-state index in [2.05, 4.69) is 5.32 Å². The van der Waals surface area contributed by atoms with E-state index in [0.29, 0.717) is 11.1 Å². The molecule has 2 nitrogen and oxygen atoms in total. The molecular weight excluding hydrogens is 260 g/mol. The van der Waals surface area contributed by atoms with Crippen molar-refractivity contribution < 1.29 is 13.6 Å². The standard InChI is InChI=1S/C16H15F2NO/c1-19-16(20)10-15(11-4-2-6-13(17)8-11)12-5-3-7-14(18)9-12/h2-9,15H,10H2,1H3,(H,19,20). The van der Waals surface area contributed by atoms with E-state index in [-0.39, 0.29) is 29.9 Å². The minimum Gasteiger partial charge on any atom is -0.359 e. The molecule has 0 radical (unpaired) electrons. The lowest BCUT2D eigenvalue weighted by Crippen LogP contribution is -2.21. The average molecular weight is 275 g/mol. The van der Waals surface area contributed by atoms with Gasteiger partial charge in [0.25, 0.3) is 0 Å². The molecule has 0 saturated carbocycles. The highest BCUT2D eigenvalue weighted by Gasteiger charge is 2.18. The Bertz CT molecular complexity index is 567. The van der Waals surface area contributed by atoms with Crippen molar-refractivity contribution >= 4 is 5.91 Å². The van der Waals surface area contributed by atoms with E-state index < -0.39 is 0 Å². The van der Waals surface area contributed by atoms with Gasteiger partial charge in [-0.3, -0.25) is 4.79 Å². The van der Waals surface area contributed by atoms with Gasteiger partial charge in [0.1, 0.15) is 11.6 Å². The van der Waals surface area contributed by atoms with Gasteiger partial charge in [0.15, 0.2) is 0 Å². The normalized spacial score (nSPS) is 10.6. The summed E-state index contributed by atoms with van der Waals surface area (Å²) in [6, 6.07) is 12.1. The first-order valence-electron chi connectivity index (χ1n) is 6.31. The Labute approximate surface area is 116 Å². The molecule has 0 bridgehead atoms. The zero-order chi connectivity index (χ0) is 14.5. The van der Waals surface area contributed by atoms with Crippen LogP contribution < -0.4 is 5.32 Å². The monoisotopic (exact) mass is 275 g/mol. The van der Waals surface area contributed by atoms with Crippen molar-refractivity contribution in [2.24, 2.45) is 0 Å². The maximum Gasteiger partial charge on any atom is 0.220 e. The highest BCUT2D eigenvalue weighted by atomic mass is 19.1. The summed E-state index contributed by atoms with van der Waals surface area (Å²) in [6.45, 7) is 0. The van der Waals surface area contributed by atoms with Crippen molar-refractivity contribution in [1.82, 2.24) is 5.32 Å². The van der Waals surface area contributed by atoms with Gasteiger partial charge in [-0.25, -0.2) is 8.78 Å². The number of hydrogen-bond acceptors (Lipinski definition) is 1. The Morgan fingerprint density at radius 2 is 1.55 bits per heavy atom. The fourth-order valence-electron chi connectivity index (χ4n) is 2.16. The van der Waals surface area contributed by atoms with Gasteiger partial charge >= 0.3 is 0 Å².